The summed E-state index contributed by atoms with van der Waals surface area (Å²) < 4.78 is 7.04. The second kappa shape index (κ2) is 8.21. The smallest absolute Gasteiger partial charge is 0.320 e. The molecule has 1 aliphatic heterocycles. The predicted octanol–water partition coefficient (Wildman–Crippen LogP) is 3.48. The van der Waals surface area contributed by atoms with Crippen LogP contribution in [-0.4, -0.2) is 35.4 Å². The average Bonchev–Trinajstić information content (AvgIpc) is 3.44. The van der Waals surface area contributed by atoms with Gasteiger partial charge >= 0.3 is 6.03 Å². The number of aromatic nitrogens is 2. The zero-order valence-electron chi connectivity index (χ0n) is 16.0. The summed E-state index contributed by atoms with van der Waals surface area (Å²) in [5, 5.41) is 10.1. The lowest BCUT2D eigenvalue weighted by Crippen LogP contribution is -2.34. The molecule has 146 valence electrons. The maximum Gasteiger partial charge on any atom is 0.320 e. The minimum absolute atomic E-state index is 0.213. The van der Waals surface area contributed by atoms with Crippen LogP contribution in [0.4, 0.5) is 16.3 Å². The van der Waals surface area contributed by atoms with Crippen LogP contribution < -0.4 is 15.5 Å². The first-order chi connectivity index (χ1) is 13.7. The van der Waals surface area contributed by atoms with Crippen molar-refractivity contribution in [3.05, 3.63) is 66.2 Å². The molecular formula is C21H25N5O2. The van der Waals surface area contributed by atoms with Crippen molar-refractivity contribution in [2.45, 2.75) is 19.9 Å². The Kier molecular flexibility index (Phi) is 5.32. The number of rotatable bonds is 6. The summed E-state index contributed by atoms with van der Waals surface area (Å²) in [5.74, 6) is 1.87. The minimum atomic E-state index is -0.213. The van der Waals surface area contributed by atoms with Gasteiger partial charge in [-0.25, -0.2) is 9.48 Å². The topological polar surface area (TPSA) is 75.3 Å². The van der Waals surface area contributed by atoms with Crippen LogP contribution in [0.25, 0.3) is 0 Å². The van der Waals surface area contributed by atoms with E-state index < -0.39 is 0 Å². The van der Waals surface area contributed by atoms with E-state index in [1.54, 1.807) is 23.2 Å². The highest BCUT2D eigenvalue weighted by Gasteiger charge is 2.23. The van der Waals surface area contributed by atoms with Crippen molar-refractivity contribution in [3.8, 4) is 0 Å². The van der Waals surface area contributed by atoms with Gasteiger partial charge in [0.05, 0.1) is 12.5 Å². The van der Waals surface area contributed by atoms with Crippen LogP contribution in [0, 0.1) is 12.8 Å². The second-order valence-electron chi connectivity index (χ2n) is 7.22. The van der Waals surface area contributed by atoms with Gasteiger partial charge in [-0.1, -0.05) is 17.7 Å². The van der Waals surface area contributed by atoms with E-state index in [-0.39, 0.29) is 6.03 Å². The van der Waals surface area contributed by atoms with E-state index in [1.807, 2.05) is 12.1 Å². The first-order valence-corrected chi connectivity index (χ1v) is 9.58. The second-order valence-corrected chi connectivity index (χ2v) is 7.22. The number of aryl methyl sites for hydroxylation is 1. The monoisotopic (exact) mass is 379 g/mol. The van der Waals surface area contributed by atoms with Gasteiger partial charge in [-0.2, -0.15) is 5.10 Å². The predicted molar refractivity (Wildman–Crippen MR) is 109 cm³/mol. The third kappa shape index (κ3) is 4.36. The van der Waals surface area contributed by atoms with Gasteiger partial charge in [-0.15, -0.1) is 0 Å². The molecule has 28 heavy (non-hydrogen) atoms. The highest BCUT2D eigenvalue weighted by atomic mass is 16.3. The lowest BCUT2D eigenvalue weighted by Gasteiger charge is -2.19. The number of nitrogens with one attached hydrogen (secondary N) is 2. The Balaban J connectivity index is 1.25. The number of carbonyl (C=O) groups excluding carboxylic acids is 1. The van der Waals surface area contributed by atoms with Crippen molar-refractivity contribution in [2.75, 3.05) is 29.9 Å². The van der Waals surface area contributed by atoms with E-state index in [9.17, 15) is 4.79 Å². The molecule has 1 fully saturated rings. The summed E-state index contributed by atoms with van der Waals surface area (Å²) >= 11 is 0. The summed E-state index contributed by atoms with van der Waals surface area (Å²) in [5.41, 5.74) is 2.52. The molecule has 0 saturated carbocycles. The molecule has 7 heteroatoms. The van der Waals surface area contributed by atoms with Gasteiger partial charge in [0.25, 0.3) is 0 Å². The first-order valence-electron chi connectivity index (χ1n) is 9.58. The molecule has 1 aliphatic rings. The molecule has 4 rings (SSSR count). The van der Waals surface area contributed by atoms with E-state index in [4.69, 9.17) is 4.42 Å². The van der Waals surface area contributed by atoms with Crippen LogP contribution in [-0.2, 0) is 6.54 Å². The van der Waals surface area contributed by atoms with Crippen LogP contribution >= 0.6 is 0 Å². The molecule has 1 aromatic carbocycles. The SMILES string of the molecule is Cc1ccc(N2CCC(CNC(=O)Nc3ccnn3Cc3ccco3)C2)cc1. The summed E-state index contributed by atoms with van der Waals surface area (Å²) in [6.07, 6.45) is 4.36. The van der Waals surface area contributed by atoms with E-state index in [0.717, 1.165) is 25.3 Å². The molecule has 2 N–H and O–H groups in total. The molecule has 1 saturated heterocycles. The molecule has 1 unspecified atom stereocenters. The lowest BCUT2D eigenvalue weighted by atomic mass is 10.1. The maximum atomic E-state index is 12.3. The quantitative estimate of drug-likeness (QED) is 0.688. The van der Waals surface area contributed by atoms with Crippen molar-refractivity contribution in [2.24, 2.45) is 5.92 Å². The molecule has 3 heterocycles. The van der Waals surface area contributed by atoms with Gasteiger partial charge in [0.15, 0.2) is 0 Å². The third-order valence-electron chi connectivity index (χ3n) is 5.08. The standard InChI is InChI=1S/C21H25N5O2/c1-16-4-6-18(7-5-16)25-11-9-17(14-25)13-22-21(27)24-20-8-10-23-26(20)15-19-3-2-12-28-19/h2-8,10,12,17H,9,11,13-15H2,1H3,(H2,22,24,27). The molecular weight excluding hydrogens is 354 g/mol. The Morgan fingerprint density at radius 2 is 2.11 bits per heavy atom. The number of benzene rings is 1. The fourth-order valence-electron chi connectivity index (χ4n) is 3.50. The lowest BCUT2D eigenvalue weighted by molar-refractivity contribution is 0.250. The highest BCUT2D eigenvalue weighted by Crippen LogP contribution is 2.23. The molecule has 2 amide bonds. The molecule has 2 aromatic heterocycles. The Bertz CT molecular complexity index is 901. The van der Waals surface area contributed by atoms with Gasteiger partial charge in [0, 0.05) is 31.4 Å². The Morgan fingerprint density at radius 3 is 2.89 bits per heavy atom. The molecule has 0 radical (unpaired) electrons. The van der Waals surface area contributed by atoms with Gasteiger partial charge in [-0.05, 0) is 43.5 Å². The summed E-state index contributed by atoms with van der Waals surface area (Å²) in [7, 11) is 0. The Hall–Kier alpha value is -3.22. The highest BCUT2D eigenvalue weighted by molar-refractivity contribution is 5.88. The molecule has 0 aliphatic carbocycles. The molecule has 3 aromatic rings. The van der Waals surface area contributed by atoms with Crippen molar-refractivity contribution in [3.63, 3.8) is 0 Å². The summed E-state index contributed by atoms with van der Waals surface area (Å²) in [6.45, 7) is 5.21. The van der Waals surface area contributed by atoms with Crippen LogP contribution in [0.5, 0.6) is 0 Å². The number of anilines is 2. The fourth-order valence-corrected chi connectivity index (χ4v) is 3.50. The van der Waals surface area contributed by atoms with Crippen LogP contribution in [0.3, 0.4) is 0 Å². The zero-order chi connectivity index (χ0) is 19.3. The number of urea groups is 1. The van der Waals surface area contributed by atoms with E-state index in [2.05, 4.69) is 51.8 Å². The number of amides is 2. The van der Waals surface area contributed by atoms with Crippen LogP contribution in [0.15, 0.2) is 59.3 Å². The fraction of sp³-hybridized carbons (Fsp3) is 0.333. The van der Waals surface area contributed by atoms with Crippen molar-refractivity contribution in [1.29, 1.82) is 0 Å². The van der Waals surface area contributed by atoms with Crippen molar-refractivity contribution >= 4 is 17.5 Å². The molecule has 1 atom stereocenters. The van der Waals surface area contributed by atoms with E-state index in [0.29, 0.717) is 24.8 Å². The van der Waals surface area contributed by atoms with E-state index in [1.165, 1.54) is 11.3 Å². The normalized spacial score (nSPS) is 16.3. The molecule has 0 spiro atoms. The molecule has 0 bridgehead atoms. The van der Waals surface area contributed by atoms with E-state index >= 15 is 0 Å². The number of hydrogen-bond donors (Lipinski definition) is 2. The summed E-state index contributed by atoms with van der Waals surface area (Å²) in [4.78, 5) is 14.7. The first kappa shape index (κ1) is 18.2. The zero-order valence-corrected chi connectivity index (χ0v) is 16.0. The van der Waals surface area contributed by atoms with Gasteiger partial charge < -0.3 is 14.6 Å². The average molecular weight is 379 g/mol. The van der Waals surface area contributed by atoms with Gasteiger partial charge in [-0.3, -0.25) is 5.32 Å². The largest absolute Gasteiger partial charge is 0.467 e. The van der Waals surface area contributed by atoms with Crippen LogP contribution in [0.1, 0.15) is 17.7 Å². The maximum absolute atomic E-state index is 12.3. The van der Waals surface area contributed by atoms with Crippen LogP contribution in [0.2, 0.25) is 0 Å². The molecule has 7 nitrogen and oxygen atoms in total. The Morgan fingerprint density at radius 1 is 1.25 bits per heavy atom. The number of hydrogen-bond acceptors (Lipinski definition) is 4. The summed E-state index contributed by atoms with van der Waals surface area (Å²) in [6, 6.07) is 13.9. The minimum Gasteiger partial charge on any atom is -0.467 e. The Labute approximate surface area is 164 Å². The number of carbonyl (C=O) groups is 1. The number of nitrogens with zero attached hydrogens (tertiary/aromatic N) is 3. The third-order valence-corrected chi connectivity index (χ3v) is 5.08. The van der Waals surface area contributed by atoms with Crippen molar-refractivity contribution in [1.82, 2.24) is 15.1 Å². The van der Waals surface area contributed by atoms with Gasteiger partial charge in [0.2, 0.25) is 0 Å². The van der Waals surface area contributed by atoms with Gasteiger partial charge in [0.1, 0.15) is 18.1 Å². The number of furan rings is 1. The van der Waals surface area contributed by atoms with Crippen molar-refractivity contribution < 1.29 is 9.21 Å².